The first-order valence-electron chi connectivity index (χ1n) is 37.3. The molecule has 0 N–H and O–H groups in total. The van der Waals surface area contributed by atoms with E-state index in [0.717, 1.165) is 122 Å². The van der Waals surface area contributed by atoms with Crippen LogP contribution in [0.3, 0.4) is 0 Å². The predicted molar refractivity (Wildman–Crippen MR) is 418 cm³/mol. The van der Waals surface area contributed by atoms with Gasteiger partial charge in [0.1, 0.15) is 5.75 Å². The molecule has 14 aromatic rings. The molecule has 12 nitrogen and oxygen atoms in total. The van der Waals surface area contributed by atoms with E-state index >= 15 is 4.79 Å². The van der Waals surface area contributed by atoms with Crippen LogP contribution in [-0.4, -0.2) is 46.7 Å². The van der Waals surface area contributed by atoms with Crippen LogP contribution < -0.4 is 4.74 Å². The largest absolute Gasteiger partial charge is 0.493 e. The van der Waals surface area contributed by atoms with Gasteiger partial charge in [-0.05, 0) is 182 Å². The van der Waals surface area contributed by atoms with E-state index in [2.05, 4.69) is 239 Å². The molecule has 5 aromatic heterocycles. The van der Waals surface area contributed by atoms with Crippen molar-refractivity contribution in [2.45, 2.75) is 123 Å². The molecule has 16 rings (SSSR count). The molecule has 518 valence electrons. The smallest absolute Gasteiger partial charge is 0.311 e. The minimum absolute atomic E-state index is 0.00428. The lowest BCUT2D eigenvalue weighted by atomic mass is 9.87. The first kappa shape index (κ1) is 66.7. The topological polar surface area (TPSA) is 128 Å². The number of ether oxygens (including phenoxy) is 2. The van der Waals surface area contributed by atoms with Gasteiger partial charge in [0.25, 0.3) is 0 Å². The Bertz CT molecular complexity index is 5180. The molecule has 0 bridgehead atoms. The average molecular weight is 1360 g/mol. The summed E-state index contributed by atoms with van der Waals surface area (Å²) in [7, 11) is 0. The third-order valence-electron chi connectivity index (χ3n) is 22.0. The fraction of sp³-hybridized carbons (Fsp3) is 0.286. The Kier molecular flexibility index (Phi) is 18.7. The summed E-state index contributed by atoms with van der Waals surface area (Å²) in [6, 6.07) is 72.5. The normalized spacial score (nSPS) is 18.2. The Morgan fingerprint density at radius 3 is 1.50 bits per heavy atom. The number of unbranched alkanes of at least 4 members (excludes halogenated alkanes) is 7. The molecule has 2 aliphatic carbocycles. The van der Waals surface area contributed by atoms with Crippen LogP contribution in [0.15, 0.2) is 253 Å². The number of rotatable bonds is 25. The van der Waals surface area contributed by atoms with Crippen LogP contribution in [0.4, 0.5) is 0 Å². The summed E-state index contributed by atoms with van der Waals surface area (Å²) < 4.78 is 33.5. The molecule has 7 atom stereocenters. The maximum Gasteiger partial charge on any atom is 0.311 e. The van der Waals surface area contributed by atoms with Crippen molar-refractivity contribution in [1.82, 2.24) is 34.1 Å². The lowest BCUT2D eigenvalue weighted by Crippen LogP contribution is -2.25. The van der Waals surface area contributed by atoms with E-state index in [1.54, 1.807) is 0 Å². The third kappa shape index (κ3) is 13.3. The van der Waals surface area contributed by atoms with Crippen molar-refractivity contribution in [3.8, 4) is 62.9 Å². The highest BCUT2D eigenvalue weighted by atomic mass is 16.6. The van der Waals surface area contributed by atoms with Crippen molar-refractivity contribution in [3.63, 3.8) is 0 Å². The Labute approximate surface area is 602 Å². The van der Waals surface area contributed by atoms with E-state index in [-0.39, 0.29) is 46.9 Å². The number of hydrogen-bond donors (Lipinski definition) is 0. The van der Waals surface area contributed by atoms with E-state index in [1.165, 1.54) is 59.2 Å². The molecule has 0 spiro atoms. The minimum atomic E-state index is -0.544. The summed E-state index contributed by atoms with van der Waals surface area (Å²) in [6.07, 6.45) is 21.9. The molecule has 5 heterocycles. The number of nitrogens with zero attached hydrogens (tertiary/aromatic N) is 7. The van der Waals surface area contributed by atoms with Gasteiger partial charge in [-0.3, -0.25) is 4.79 Å². The molecule has 2 saturated carbocycles. The van der Waals surface area contributed by atoms with Gasteiger partial charge in [0.2, 0.25) is 23.6 Å². The maximum atomic E-state index is 15.6. The Morgan fingerprint density at radius 1 is 0.485 bits per heavy atom. The van der Waals surface area contributed by atoms with E-state index in [1.807, 2.05) is 66.7 Å². The minimum Gasteiger partial charge on any atom is -0.493 e. The number of hydrogen-bond acceptors (Lipinski definition) is 9. The van der Waals surface area contributed by atoms with Gasteiger partial charge in [-0.25, -0.2) is 0 Å². The molecule has 103 heavy (non-hydrogen) atoms. The van der Waals surface area contributed by atoms with Gasteiger partial charge in [-0.1, -0.05) is 194 Å². The van der Waals surface area contributed by atoms with E-state index in [0.29, 0.717) is 43.0 Å². The molecule has 0 saturated heterocycles. The second-order valence-corrected chi connectivity index (χ2v) is 29.8. The molecule has 0 amide bonds. The average Bonchev–Trinajstić information content (AvgIpc) is 1.57. The summed E-state index contributed by atoms with van der Waals surface area (Å²) in [6.45, 7) is 18.0. The standard InChI is InChI=1S/C91H89N7O5/c1-7-10-11-12-13-14-15-16-39-85(98-83-48-46-69(96-79-35-21-17-31-72(79)73-32-18-22-36-80(73)96)56-77(83)78-57-70(47-49-84(78)98)97-81-37-23-19-33-74(81)75-34-20-24-38-82(75)97)101-90(99)76-53-59(8-2)50-63(76)41-40-60-51-61(9-3)67(52-60)58-100-71-30-26-29-66(55-71)89-95-94-88(103-89)65-28-25-27-64(54-65)87-93-92-86(102-87)62-42-44-68(45-43-62)91(4,5)6/h8-9,17-38,40-49,54-57,59-61,63,67,76,85H,2-3,7,10-16,39,50-53,58H2,1,4-6H3/b41-40-. The monoisotopic (exact) mass is 1360 g/mol. The van der Waals surface area contributed by atoms with Gasteiger partial charge in [-0.15, -0.1) is 33.6 Å². The summed E-state index contributed by atoms with van der Waals surface area (Å²) in [5, 5.41) is 24.8. The second kappa shape index (κ2) is 28.9. The van der Waals surface area contributed by atoms with Crippen LogP contribution in [-0.2, 0) is 14.9 Å². The highest BCUT2D eigenvalue weighted by molar-refractivity contribution is 6.13. The molecule has 0 radical (unpaired) electrons. The first-order chi connectivity index (χ1) is 50.5. The van der Waals surface area contributed by atoms with Crippen molar-refractivity contribution in [3.05, 3.63) is 249 Å². The summed E-state index contributed by atoms with van der Waals surface area (Å²) >= 11 is 0. The number of para-hydroxylation sites is 4. The lowest BCUT2D eigenvalue weighted by Gasteiger charge is -2.25. The molecular weight excluding hydrogens is 1270 g/mol. The van der Waals surface area contributed by atoms with Crippen LogP contribution in [0.2, 0.25) is 0 Å². The first-order valence-corrected chi connectivity index (χ1v) is 37.3. The summed E-state index contributed by atoms with van der Waals surface area (Å²) in [5.41, 5.74) is 13.2. The second-order valence-electron chi connectivity index (χ2n) is 29.8. The van der Waals surface area contributed by atoms with Gasteiger partial charge < -0.3 is 32.0 Å². The number of aromatic nitrogens is 7. The molecular formula is C91H89N7O5. The zero-order valence-corrected chi connectivity index (χ0v) is 59.5. The van der Waals surface area contributed by atoms with Crippen molar-refractivity contribution >= 4 is 71.4 Å². The maximum absolute atomic E-state index is 15.6. The fourth-order valence-corrected chi connectivity index (χ4v) is 16.6. The highest BCUT2D eigenvalue weighted by Gasteiger charge is 2.40. The molecule has 0 aliphatic heterocycles. The van der Waals surface area contributed by atoms with Gasteiger partial charge in [0.15, 0.2) is 6.23 Å². The molecule has 12 heteroatoms. The van der Waals surface area contributed by atoms with Gasteiger partial charge in [0, 0.05) is 72.4 Å². The SMILES string of the molecule is C=CC1CC(/C=C\C2CC(C=C)C(COc3cccc(-c4nnc(-c5cccc(-c6nnc(-c7ccc(C(C)(C)C)cc7)o6)c5)o4)c3)C2)C(C(=O)OC(CCCCCCCCCC)n2c3ccc(-n4c5ccccc5c5ccccc54)cc3c3cc(-n4c5ccccc5c5ccccc54)ccc32)C1. The number of carbonyl (C=O) groups excluding carboxylic acids is 1. The summed E-state index contributed by atoms with van der Waals surface area (Å²) in [4.78, 5) is 15.6. The highest BCUT2D eigenvalue weighted by Crippen LogP contribution is 2.46. The molecule has 7 unspecified atom stereocenters. The number of benzene rings is 9. The zero-order valence-electron chi connectivity index (χ0n) is 59.5. The molecule has 2 aliphatic rings. The zero-order chi connectivity index (χ0) is 70.1. The molecule has 9 aromatic carbocycles. The van der Waals surface area contributed by atoms with Gasteiger partial charge in [0.05, 0.1) is 45.6 Å². The fourth-order valence-electron chi connectivity index (χ4n) is 16.6. The van der Waals surface area contributed by atoms with E-state index in [4.69, 9.17) is 18.3 Å². The van der Waals surface area contributed by atoms with Gasteiger partial charge in [-0.2, -0.15) is 0 Å². The van der Waals surface area contributed by atoms with Crippen LogP contribution in [0.25, 0.3) is 123 Å². The number of fused-ring (bicyclic) bond motifs is 9. The quantitative estimate of drug-likeness (QED) is 0.0312. The number of allylic oxidation sites excluding steroid dienone is 4. The third-order valence-corrected chi connectivity index (χ3v) is 22.0. The molecule has 2 fully saturated rings. The lowest BCUT2D eigenvalue weighted by molar-refractivity contribution is -0.159. The summed E-state index contributed by atoms with van der Waals surface area (Å²) in [5.74, 6) is 2.84. The van der Waals surface area contributed by atoms with Crippen molar-refractivity contribution in [2.24, 2.45) is 35.5 Å². The van der Waals surface area contributed by atoms with Crippen molar-refractivity contribution in [2.75, 3.05) is 6.61 Å². The van der Waals surface area contributed by atoms with E-state index in [9.17, 15) is 0 Å². The predicted octanol–water partition coefficient (Wildman–Crippen LogP) is 23.6. The van der Waals surface area contributed by atoms with Crippen molar-refractivity contribution < 1.29 is 23.1 Å². The number of esters is 1. The van der Waals surface area contributed by atoms with Crippen LogP contribution >= 0.6 is 0 Å². The van der Waals surface area contributed by atoms with Crippen molar-refractivity contribution in [1.29, 1.82) is 0 Å². The number of carbonyl (C=O) groups is 1. The Balaban J connectivity index is 0.647. The van der Waals surface area contributed by atoms with Crippen LogP contribution in [0.5, 0.6) is 5.75 Å². The Hall–Kier alpha value is -10.9. The van der Waals surface area contributed by atoms with Crippen LogP contribution in [0, 0.1) is 35.5 Å². The Morgan fingerprint density at radius 2 is 0.981 bits per heavy atom. The van der Waals surface area contributed by atoms with E-state index < -0.39 is 6.23 Å². The van der Waals surface area contributed by atoms with Gasteiger partial charge >= 0.3 is 5.97 Å². The van der Waals surface area contributed by atoms with Crippen LogP contribution in [0.1, 0.15) is 123 Å².